The Balaban J connectivity index is 1.55. The fraction of sp³-hybridized carbons (Fsp3) is 0.333. The van der Waals surface area contributed by atoms with E-state index in [1.54, 1.807) is 30.6 Å². The minimum absolute atomic E-state index is 0.0323. The van der Waals surface area contributed by atoms with E-state index in [0.29, 0.717) is 6.54 Å². The standard InChI is InChI=1S/C18H21N3O3S/c22-18(10-13-20-25(23,24)17-4-2-1-3-5-17)21(16-6-7-16)14-15-8-11-19-12-9-15/h1-5,8-9,11-12,16,20H,6-7,10,13-14H2. The molecule has 0 radical (unpaired) electrons. The van der Waals surface area contributed by atoms with Crippen molar-refractivity contribution in [2.24, 2.45) is 0 Å². The van der Waals surface area contributed by atoms with Crippen LogP contribution < -0.4 is 4.72 Å². The van der Waals surface area contributed by atoms with Gasteiger partial charge in [-0.3, -0.25) is 9.78 Å². The van der Waals surface area contributed by atoms with E-state index in [1.165, 1.54) is 12.1 Å². The second-order valence-electron chi connectivity index (χ2n) is 6.07. The van der Waals surface area contributed by atoms with Crippen LogP contribution in [0.1, 0.15) is 24.8 Å². The van der Waals surface area contributed by atoms with Crippen molar-refractivity contribution in [2.45, 2.75) is 36.7 Å². The van der Waals surface area contributed by atoms with Gasteiger partial charge in [-0.2, -0.15) is 0 Å². The molecule has 1 N–H and O–H groups in total. The number of nitrogens with one attached hydrogen (secondary N) is 1. The topological polar surface area (TPSA) is 79.4 Å². The van der Waals surface area contributed by atoms with Crippen molar-refractivity contribution in [3.8, 4) is 0 Å². The van der Waals surface area contributed by atoms with Gasteiger partial charge in [0.1, 0.15) is 0 Å². The van der Waals surface area contributed by atoms with Gasteiger partial charge in [0.25, 0.3) is 0 Å². The van der Waals surface area contributed by atoms with Gasteiger partial charge in [0.2, 0.25) is 15.9 Å². The van der Waals surface area contributed by atoms with Crippen LogP contribution in [0.25, 0.3) is 0 Å². The first-order valence-electron chi connectivity index (χ1n) is 8.29. The van der Waals surface area contributed by atoms with Gasteiger partial charge in [-0.25, -0.2) is 13.1 Å². The first-order chi connectivity index (χ1) is 12.1. The maximum Gasteiger partial charge on any atom is 0.240 e. The first-order valence-corrected chi connectivity index (χ1v) is 9.78. The fourth-order valence-corrected chi connectivity index (χ4v) is 3.66. The van der Waals surface area contributed by atoms with Gasteiger partial charge in [0.15, 0.2) is 0 Å². The van der Waals surface area contributed by atoms with E-state index in [9.17, 15) is 13.2 Å². The number of amides is 1. The number of benzene rings is 1. The van der Waals surface area contributed by atoms with Crippen LogP contribution in [-0.2, 0) is 21.4 Å². The number of sulfonamides is 1. The molecule has 0 atom stereocenters. The Labute approximate surface area is 147 Å². The molecule has 0 aliphatic heterocycles. The Morgan fingerprint density at radius 3 is 2.44 bits per heavy atom. The van der Waals surface area contributed by atoms with E-state index in [1.807, 2.05) is 17.0 Å². The van der Waals surface area contributed by atoms with E-state index in [4.69, 9.17) is 0 Å². The zero-order valence-corrected chi connectivity index (χ0v) is 14.7. The fourth-order valence-electron chi connectivity index (χ4n) is 2.61. The summed E-state index contributed by atoms with van der Waals surface area (Å²) in [4.78, 5) is 18.6. The average molecular weight is 359 g/mol. The monoisotopic (exact) mass is 359 g/mol. The lowest BCUT2D eigenvalue weighted by Gasteiger charge is -2.22. The third kappa shape index (κ3) is 4.87. The molecular formula is C18H21N3O3S. The highest BCUT2D eigenvalue weighted by Gasteiger charge is 2.32. The molecular weight excluding hydrogens is 338 g/mol. The molecule has 1 aliphatic carbocycles. The van der Waals surface area contributed by atoms with E-state index in [-0.39, 0.29) is 29.8 Å². The predicted octanol–water partition coefficient (Wildman–Crippen LogP) is 1.94. The van der Waals surface area contributed by atoms with E-state index in [0.717, 1.165) is 18.4 Å². The summed E-state index contributed by atoms with van der Waals surface area (Å²) >= 11 is 0. The summed E-state index contributed by atoms with van der Waals surface area (Å²) in [5.41, 5.74) is 1.03. The number of carbonyl (C=O) groups is 1. The number of aromatic nitrogens is 1. The molecule has 0 saturated heterocycles. The minimum atomic E-state index is -3.57. The average Bonchev–Trinajstić information content (AvgIpc) is 3.46. The van der Waals surface area contributed by atoms with Crippen LogP contribution in [-0.4, -0.2) is 36.8 Å². The normalized spacial score (nSPS) is 14.2. The van der Waals surface area contributed by atoms with Crippen molar-refractivity contribution in [2.75, 3.05) is 6.54 Å². The molecule has 3 rings (SSSR count). The maximum absolute atomic E-state index is 12.5. The molecule has 1 amide bonds. The number of hydrogen-bond acceptors (Lipinski definition) is 4. The number of rotatable bonds is 8. The SMILES string of the molecule is O=C(CCNS(=O)(=O)c1ccccc1)N(Cc1ccncc1)C1CC1. The Bertz CT molecular complexity index is 806. The lowest BCUT2D eigenvalue weighted by Crippen LogP contribution is -2.35. The van der Waals surface area contributed by atoms with Gasteiger partial charge in [-0.1, -0.05) is 18.2 Å². The molecule has 1 aliphatic rings. The summed E-state index contributed by atoms with van der Waals surface area (Å²) in [6, 6.07) is 12.2. The number of carbonyl (C=O) groups excluding carboxylic acids is 1. The minimum Gasteiger partial charge on any atom is -0.335 e. The predicted molar refractivity (Wildman–Crippen MR) is 94.1 cm³/mol. The molecule has 7 heteroatoms. The third-order valence-corrected chi connectivity index (χ3v) is 5.57. The zero-order valence-electron chi connectivity index (χ0n) is 13.8. The molecule has 1 heterocycles. The van der Waals surface area contributed by atoms with Crippen LogP contribution in [0.2, 0.25) is 0 Å². The molecule has 1 fully saturated rings. The molecule has 132 valence electrons. The highest BCUT2D eigenvalue weighted by Crippen LogP contribution is 2.28. The van der Waals surface area contributed by atoms with Crippen LogP contribution >= 0.6 is 0 Å². The Morgan fingerprint density at radius 1 is 1.12 bits per heavy atom. The highest BCUT2D eigenvalue weighted by molar-refractivity contribution is 7.89. The number of hydrogen-bond donors (Lipinski definition) is 1. The third-order valence-electron chi connectivity index (χ3n) is 4.09. The van der Waals surface area contributed by atoms with Crippen molar-refractivity contribution in [1.82, 2.24) is 14.6 Å². The van der Waals surface area contributed by atoms with Gasteiger partial charge in [0, 0.05) is 37.9 Å². The van der Waals surface area contributed by atoms with Crippen LogP contribution in [0.15, 0.2) is 59.8 Å². The van der Waals surface area contributed by atoms with Crippen molar-refractivity contribution in [3.05, 3.63) is 60.4 Å². The van der Waals surface area contributed by atoms with Gasteiger partial charge >= 0.3 is 0 Å². The molecule has 2 aromatic rings. The Hall–Kier alpha value is -2.25. The van der Waals surface area contributed by atoms with Gasteiger partial charge in [0.05, 0.1) is 4.90 Å². The largest absolute Gasteiger partial charge is 0.335 e. The highest BCUT2D eigenvalue weighted by atomic mass is 32.2. The molecule has 6 nitrogen and oxygen atoms in total. The second kappa shape index (κ2) is 7.76. The molecule has 1 aromatic carbocycles. The van der Waals surface area contributed by atoms with Crippen LogP contribution in [0.5, 0.6) is 0 Å². The van der Waals surface area contributed by atoms with E-state index < -0.39 is 10.0 Å². The molecule has 0 spiro atoms. The van der Waals surface area contributed by atoms with Gasteiger partial charge < -0.3 is 4.90 Å². The summed E-state index contributed by atoms with van der Waals surface area (Å²) < 4.78 is 26.9. The lowest BCUT2D eigenvalue weighted by atomic mass is 10.2. The summed E-state index contributed by atoms with van der Waals surface area (Å²) in [6.07, 6.45) is 5.57. The summed E-state index contributed by atoms with van der Waals surface area (Å²) in [6.45, 7) is 0.632. The van der Waals surface area contributed by atoms with Crippen molar-refractivity contribution < 1.29 is 13.2 Å². The molecule has 1 saturated carbocycles. The van der Waals surface area contributed by atoms with Gasteiger partial charge in [-0.05, 0) is 42.7 Å². The van der Waals surface area contributed by atoms with Crippen molar-refractivity contribution in [3.63, 3.8) is 0 Å². The zero-order chi connectivity index (χ0) is 17.7. The lowest BCUT2D eigenvalue weighted by molar-refractivity contribution is -0.132. The smallest absolute Gasteiger partial charge is 0.240 e. The van der Waals surface area contributed by atoms with Crippen molar-refractivity contribution in [1.29, 1.82) is 0 Å². The molecule has 1 aromatic heterocycles. The maximum atomic E-state index is 12.5. The van der Waals surface area contributed by atoms with Crippen LogP contribution in [0.3, 0.4) is 0 Å². The quantitative estimate of drug-likeness (QED) is 0.781. The Morgan fingerprint density at radius 2 is 1.80 bits per heavy atom. The van der Waals surface area contributed by atoms with Crippen LogP contribution in [0.4, 0.5) is 0 Å². The van der Waals surface area contributed by atoms with Gasteiger partial charge in [-0.15, -0.1) is 0 Å². The van der Waals surface area contributed by atoms with Crippen molar-refractivity contribution >= 4 is 15.9 Å². The number of pyridine rings is 1. The van der Waals surface area contributed by atoms with E-state index in [2.05, 4.69) is 9.71 Å². The summed E-state index contributed by atoms with van der Waals surface area (Å²) in [5.74, 6) is -0.0323. The molecule has 25 heavy (non-hydrogen) atoms. The van der Waals surface area contributed by atoms with Crippen LogP contribution in [0, 0.1) is 0 Å². The summed E-state index contributed by atoms with van der Waals surface area (Å²) in [5, 5.41) is 0. The first kappa shape index (κ1) is 17.6. The van der Waals surface area contributed by atoms with E-state index >= 15 is 0 Å². The molecule has 0 unspecified atom stereocenters. The number of nitrogens with zero attached hydrogens (tertiary/aromatic N) is 2. The molecule has 0 bridgehead atoms. The summed E-state index contributed by atoms with van der Waals surface area (Å²) in [7, 11) is -3.57. The second-order valence-corrected chi connectivity index (χ2v) is 7.84. The Kier molecular flexibility index (Phi) is 5.45.